The summed E-state index contributed by atoms with van der Waals surface area (Å²) in [5.74, 6) is -3.05. The Morgan fingerprint density at radius 3 is 2.37 bits per heavy atom. The average Bonchev–Trinajstić information content (AvgIpc) is 3.81. The number of alkyl halides is 1. The fraction of sp³-hybridized carbons (Fsp3) is 0.475. The van der Waals surface area contributed by atoms with Gasteiger partial charge in [-0.2, -0.15) is 0 Å². The number of carbonyl (C=O) groups excluding carboxylic acids is 3. The number of fused-ring (bicyclic) bond motifs is 4. The number of amides is 3. The van der Waals surface area contributed by atoms with Gasteiger partial charge in [-0.25, -0.2) is 22.8 Å². The van der Waals surface area contributed by atoms with Crippen LogP contribution in [-0.4, -0.2) is 72.1 Å². The molecule has 2 saturated heterocycles. The lowest BCUT2D eigenvalue weighted by atomic mass is 9.79. The Morgan fingerprint density at radius 2 is 1.69 bits per heavy atom. The highest BCUT2D eigenvalue weighted by molar-refractivity contribution is 6.34. The van der Waals surface area contributed by atoms with E-state index < -0.39 is 80.9 Å². The lowest BCUT2D eigenvalue weighted by molar-refractivity contribution is -0.0216. The quantitative estimate of drug-likeness (QED) is 0.282. The zero-order chi connectivity index (χ0) is 38.9. The molecule has 0 radical (unpaired) electrons. The molecule has 2 fully saturated rings. The number of nitrogens with one attached hydrogen (secondary N) is 1. The molecule has 4 aliphatic rings. The number of hydrogen-bond acceptors (Lipinski definition) is 8. The van der Waals surface area contributed by atoms with Crippen molar-refractivity contribution < 1.29 is 46.5 Å². The Kier molecular flexibility index (Phi) is 9.47. The van der Waals surface area contributed by atoms with Crippen molar-refractivity contribution in [3.05, 3.63) is 75.8 Å². The van der Waals surface area contributed by atoms with Crippen LogP contribution in [0.2, 0.25) is 5.02 Å². The summed E-state index contributed by atoms with van der Waals surface area (Å²) in [5.41, 5.74) is -3.25. The molecule has 4 atom stereocenters. The van der Waals surface area contributed by atoms with E-state index in [1.807, 2.05) is 30.3 Å². The second-order valence-corrected chi connectivity index (χ2v) is 16.6. The first-order valence-corrected chi connectivity index (χ1v) is 18.4. The zero-order valence-electron chi connectivity index (χ0n) is 31.0. The average molecular weight is 770 g/mol. The number of benzene rings is 3. The molecule has 0 spiro atoms. The Bertz CT molecular complexity index is 2020. The molecule has 54 heavy (non-hydrogen) atoms. The van der Waals surface area contributed by atoms with Crippen LogP contribution in [0.4, 0.5) is 28.4 Å². The molecule has 0 unspecified atom stereocenters. The second-order valence-electron chi connectivity index (χ2n) is 16.3. The van der Waals surface area contributed by atoms with E-state index in [1.165, 1.54) is 6.07 Å². The summed E-state index contributed by atoms with van der Waals surface area (Å²) in [5, 5.41) is 1.65. The fourth-order valence-corrected chi connectivity index (χ4v) is 8.33. The molecule has 0 saturated carbocycles. The van der Waals surface area contributed by atoms with E-state index in [0.717, 1.165) is 6.07 Å². The monoisotopic (exact) mass is 769 g/mol. The van der Waals surface area contributed by atoms with Crippen molar-refractivity contribution in [2.45, 2.75) is 102 Å². The number of carbonyl (C=O) groups is 3. The first kappa shape index (κ1) is 37.7. The molecular formula is C40H43ClF3N3O7. The van der Waals surface area contributed by atoms with Crippen molar-refractivity contribution in [1.82, 2.24) is 10.2 Å². The van der Waals surface area contributed by atoms with Gasteiger partial charge in [-0.05, 0) is 66.0 Å². The Morgan fingerprint density at radius 1 is 0.981 bits per heavy atom. The topological polar surface area (TPSA) is 107 Å². The number of alkyl carbamates (subject to hydrolysis) is 1. The second kappa shape index (κ2) is 13.6. The molecule has 0 aliphatic carbocycles. The maximum atomic E-state index is 17.5. The highest BCUT2D eigenvalue weighted by Gasteiger charge is 2.54. The fourth-order valence-electron chi connectivity index (χ4n) is 8.07. The Labute approximate surface area is 316 Å². The van der Waals surface area contributed by atoms with Gasteiger partial charge in [-0.3, -0.25) is 10.1 Å². The van der Waals surface area contributed by atoms with Crippen LogP contribution < -0.4 is 19.7 Å². The van der Waals surface area contributed by atoms with Gasteiger partial charge in [0.15, 0.2) is 11.4 Å². The van der Waals surface area contributed by atoms with Gasteiger partial charge < -0.3 is 28.7 Å². The first-order valence-electron chi connectivity index (χ1n) is 18.1. The van der Waals surface area contributed by atoms with Crippen LogP contribution in [-0.2, 0) is 21.5 Å². The molecule has 288 valence electrons. The van der Waals surface area contributed by atoms with Gasteiger partial charge in [-0.1, -0.05) is 41.9 Å². The van der Waals surface area contributed by atoms with Crippen molar-refractivity contribution >= 4 is 35.4 Å². The zero-order valence-corrected chi connectivity index (χ0v) is 31.7. The lowest BCUT2D eigenvalue weighted by Gasteiger charge is -2.40. The largest absolute Gasteiger partial charge is 0.489 e. The van der Waals surface area contributed by atoms with Crippen molar-refractivity contribution in [1.29, 1.82) is 0 Å². The summed E-state index contributed by atoms with van der Waals surface area (Å²) in [4.78, 5) is 43.7. The summed E-state index contributed by atoms with van der Waals surface area (Å²) in [6.45, 7) is 10.4. The van der Waals surface area contributed by atoms with Gasteiger partial charge in [0.05, 0.1) is 22.7 Å². The van der Waals surface area contributed by atoms with Gasteiger partial charge in [0.2, 0.25) is 0 Å². The molecule has 3 amide bonds. The van der Waals surface area contributed by atoms with E-state index in [1.54, 1.807) is 51.3 Å². The predicted octanol–water partition coefficient (Wildman–Crippen LogP) is 8.49. The van der Waals surface area contributed by atoms with Gasteiger partial charge in [-0.15, -0.1) is 0 Å². The van der Waals surface area contributed by atoms with Crippen LogP contribution in [0.15, 0.2) is 42.5 Å². The normalized spacial score (nSPS) is 23.2. The number of halogens is 4. The van der Waals surface area contributed by atoms with Crippen molar-refractivity contribution in [2.75, 3.05) is 24.6 Å². The van der Waals surface area contributed by atoms with E-state index >= 15 is 8.78 Å². The third-order valence-corrected chi connectivity index (χ3v) is 10.5. The molecule has 0 aromatic heterocycles. The van der Waals surface area contributed by atoms with Gasteiger partial charge in [0, 0.05) is 48.7 Å². The van der Waals surface area contributed by atoms with E-state index in [4.69, 9.17) is 30.5 Å². The molecule has 3 aromatic rings. The summed E-state index contributed by atoms with van der Waals surface area (Å²) in [6.07, 6.45) is -1.69. The Balaban J connectivity index is 1.42. The smallest absolute Gasteiger partial charge is 0.414 e. The highest BCUT2D eigenvalue weighted by atomic mass is 35.5. The molecular weight excluding hydrogens is 727 g/mol. The summed E-state index contributed by atoms with van der Waals surface area (Å²) in [6, 6.07) is 10.4. The van der Waals surface area contributed by atoms with Crippen LogP contribution in [0.1, 0.15) is 82.3 Å². The number of likely N-dealkylation sites (tertiary alicyclic amines) is 1. The van der Waals surface area contributed by atoms with Crippen LogP contribution in [0.3, 0.4) is 0 Å². The first-order chi connectivity index (χ1) is 25.4. The minimum absolute atomic E-state index is 0.0231. The van der Waals surface area contributed by atoms with Crippen molar-refractivity contribution in [2.24, 2.45) is 0 Å². The van der Waals surface area contributed by atoms with Crippen molar-refractivity contribution in [3.63, 3.8) is 0 Å². The Hall–Kier alpha value is -4.65. The standard InChI is InChI=1S/C40H43ClF3N3O7/c1-38(2,3)53-36(49)45-35(48)24-16-28-34(47-19-22(42)15-23(47)20-51-28)33(44)31(24)30-25-18-40(21-11-8-7-9-12-21,52-27(25)17-26(43)32(30)41)29-13-10-14-46(29)37(50)54-39(4,5)6/h7-9,11-12,16-17,22-23,29H,10,13-15,18-20H2,1-6H3,(H,45,48,49)/t22-,23-,29-,40-/m0/s1. The summed E-state index contributed by atoms with van der Waals surface area (Å²) in [7, 11) is 0. The minimum atomic E-state index is -1.32. The summed E-state index contributed by atoms with van der Waals surface area (Å²) < 4.78 is 72.2. The minimum Gasteiger partial charge on any atom is -0.489 e. The molecule has 14 heteroatoms. The van der Waals surface area contributed by atoms with Crippen LogP contribution in [0, 0.1) is 11.6 Å². The SMILES string of the molecule is CC(C)(C)OC(=O)NC(=O)c1cc2c(c(F)c1-c1c(Cl)c(F)cc3c1C[C@](c1ccccc1)([C@@H]1CCCN1C(=O)OC(C)(C)C)O3)N1C[C@@H](F)C[C@H]1CO2. The van der Waals surface area contributed by atoms with E-state index in [9.17, 15) is 18.8 Å². The maximum absolute atomic E-state index is 17.5. The number of imide groups is 1. The molecule has 4 aliphatic heterocycles. The number of nitrogens with zero attached hydrogens (tertiary/aromatic N) is 2. The number of ether oxygens (including phenoxy) is 4. The highest BCUT2D eigenvalue weighted by Crippen LogP contribution is 2.55. The molecule has 0 bridgehead atoms. The predicted molar refractivity (Wildman–Crippen MR) is 195 cm³/mol. The van der Waals surface area contributed by atoms with Crippen molar-refractivity contribution in [3.8, 4) is 22.6 Å². The molecule has 7 rings (SSSR count). The van der Waals surface area contributed by atoms with Crippen LogP contribution in [0.25, 0.3) is 11.1 Å². The number of anilines is 1. The number of hydrogen-bond donors (Lipinski definition) is 1. The molecule has 3 aromatic carbocycles. The molecule has 1 N–H and O–H groups in total. The van der Waals surface area contributed by atoms with Crippen LogP contribution >= 0.6 is 11.6 Å². The molecule has 10 nitrogen and oxygen atoms in total. The van der Waals surface area contributed by atoms with Gasteiger partial charge in [0.1, 0.15) is 47.0 Å². The third kappa shape index (κ3) is 6.80. The number of rotatable bonds is 4. The lowest BCUT2D eigenvalue weighted by Crippen LogP contribution is -2.53. The van der Waals surface area contributed by atoms with Gasteiger partial charge >= 0.3 is 12.2 Å². The van der Waals surface area contributed by atoms with E-state index in [2.05, 4.69) is 5.32 Å². The van der Waals surface area contributed by atoms with E-state index in [-0.39, 0.29) is 54.3 Å². The van der Waals surface area contributed by atoms with Crippen LogP contribution in [0.5, 0.6) is 11.5 Å². The third-order valence-electron chi connectivity index (χ3n) is 10.1. The van der Waals surface area contributed by atoms with Gasteiger partial charge in [0.25, 0.3) is 5.91 Å². The maximum Gasteiger partial charge on any atom is 0.414 e. The van der Waals surface area contributed by atoms with E-state index in [0.29, 0.717) is 24.9 Å². The summed E-state index contributed by atoms with van der Waals surface area (Å²) >= 11 is 6.81. The molecule has 4 heterocycles.